The second kappa shape index (κ2) is 12.7. The van der Waals surface area contributed by atoms with Gasteiger partial charge in [-0.15, -0.1) is 0 Å². The number of benzene rings is 1. The molecule has 0 amide bonds. The third-order valence-electron chi connectivity index (χ3n) is 4.15. The van der Waals surface area contributed by atoms with Crippen LogP contribution in [0.5, 0.6) is 11.5 Å². The van der Waals surface area contributed by atoms with E-state index in [-0.39, 0.29) is 11.3 Å². The summed E-state index contributed by atoms with van der Waals surface area (Å²) < 4.78 is 10.3. The van der Waals surface area contributed by atoms with Crippen LogP contribution in [0.2, 0.25) is 0 Å². The first-order valence-electron chi connectivity index (χ1n) is 9.23. The Labute approximate surface area is 146 Å². The van der Waals surface area contributed by atoms with E-state index in [9.17, 15) is 9.90 Å². The number of phenols is 1. The largest absolute Gasteiger partial charge is 0.507 e. The highest BCUT2D eigenvalue weighted by Gasteiger charge is 2.17. The van der Waals surface area contributed by atoms with Crippen molar-refractivity contribution in [2.24, 2.45) is 0 Å². The van der Waals surface area contributed by atoms with Crippen LogP contribution in [0.3, 0.4) is 0 Å². The molecule has 0 atom stereocenters. The van der Waals surface area contributed by atoms with Crippen LogP contribution >= 0.6 is 0 Å². The first-order valence-corrected chi connectivity index (χ1v) is 9.23. The van der Waals surface area contributed by atoms with Crippen molar-refractivity contribution in [1.82, 2.24) is 0 Å². The summed E-state index contributed by atoms with van der Waals surface area (Å²) in [7, 11) is 1.29. The fourth-order valence-corrected chi connectivity index (χ4v) is 2.72. The molecular weight excluding hydrogens is 304 g/mol. The van der Waals surface area contributed by atoms with E-state index in [0.29, 0.717) is 12.4 Å². The van der Waals surface area contributed by atoms with Gasteiger partial charge < -0.3 is 14.6 Å². The zero-order valence-electron chi connectivity index (χ0n) is 15.2. The number of hydrogen-bond acceptors (Lipinski definition) is 4. The van der Waals surface area contributed by atoms with Crippen molar-refractivity contribution in [3.05, 3.63) is 23.8 Å². The lowest BCUT2D eigenvalue weighted by Gasteiger charge is -2.11. The molecule has 0 bridgehead atoms. The van der Waals surface area contributed by atoms with Crippen LogP contribution in [0, 0.1) is 0 Å². The van der Waals surface area contributed by atoms with Crippen molar-refractivity contribution in [3.8, 4) is 11.5 Å². The van der Waals surface area contributed by atoms with Gasteiger partial charge in [-0.25, -0.2) is 4.79 Å². The first-order chi connectivity index (χ1) is 11.7. The Kier molecular flexibility index (Phi) is 10.7. The van der Waals surface area contributed by atoms with Crippen LogP contribution < -0.4 is 4.74 Å². The average molecular weight is 336 g/mol. The van der Waals surface area contributed by atoms with E-state index in [1.807, 2.05) is 0 Å². The molecule has 4 heteroatoms. The number of esters is 1. The Hall–Kier alpha value is -1.71. The van der Waals surface area contributed by atoms with Gasteiger partial charge in [0.25, 0.3) is 0 Å². The van der Waals surface area contributed by atoms with Crippen LogP contribution in [0.4, 0.5) is 0 Å². The molecule has 0 aromatic heterocycles. The molecule has 1 aromatic rings. The normalized spacial score (nSPS) is 10.6. The van der Waals surface area contributed by atoms with Crippen molar-refractivity contribution in [2.75, 3.05) is 13.7 Å². The number of aromatic hydroxyl groups is 1. The highest BCUT2D eigenvalue weighted by Crippen LogP contribution is 2.28. The molecule has 0 saturated carbocycles. The predicted octanol–water partition coefficient (Wildman–Crippen LogP) is 5.48. The number of phenolic OH excluding ortho intramolecular Hbond substituents is 1. The third kappa shape index (κ3) is 7.71. The number of carbonyl (C=O) groups excluding carboxylic acids is 1. The summed E-state index contributed by atoms with van der Waals surface area (Å²) >= 11 is 0. The minimum absolute atomic E-state index is 0.104. The molecule has 0 heterocycles. The van der Waals surface area contributed by atoms with Crippen molar-refractivity contribution in [3.63, 3.8) is 0 Å². The van der Waals surface area contributed by atoms with Gasteiger partial charge >= 0.3 is 5.97 Å². The summed E-state index contributed by atoms with van der Waals surface area (Å²) in [5, 5.41) is 9.79. The van der Waals surface area contributed by atoms with Gasteiger partial charge in [-0.1, -0.05) is 70.8 Å². The molecule has 0 aliphatic heterocycles. The quantitative estimate of drug-likeness (QED) is 0.383. The Bertz CT molecular complexity index is 471. The molecule has 136 valence electrons. The molecule has 1 rings (SSSR count). The molecule has 0 radical (unpaired) electrons. The molecular formula is C20H32O4. The van der Waals surface area contributed by atoms with Crippen LogP contribution in [-0.4, -0.2) is 24.8 Å². The number of rotatable bonds is 13. The van der Waals surface area contributed by atoms with Crippen LogP contribution in [0.15, 0.2) is 18.2 Å². The summed E-state index contributed by atoms with van der Waals surface area (Å²) in [6.07, 6.45) is 12.7. The molecule has 0 fully saturated rings. The first kappa shape index (κ1) is 20.3. The van der Waals surface area contributed by atoms with Crippen molar-refractivity contribution in [2.45, 2.75) is 71.1 Å². The highest BCUT2D eigenvalue weighted by molar-refractivity contribution is 5.95. The van der Waals surface area contributed by atoms with Gasteiger partial charge in [-0.05, 0) is 18.6 Å². The number of hydrogen-bond donors (Lipinski definition) is 1. The number of methoxy groups -OCH3 is 1. The van der Waals surface area contributed by atoms with Crippen molar-refractivity contribution < 1.29 is 19.4 Å². The van der Waals surface area contributed by atoms with E-state index in [2.05, 4.69) is 11.7 Å². The molecule has 0 aliphatic rings. The number of unbranched alkanes of at least 4 members (excludes halogenated alkanes) is 9. The molecule has 0 spiro atoms. The second-order valence-corrected chi connectivity index (χ2v) is 6.17. The lowest BCUT2D eigenvalue weighted by molar-refractivity contribution is 0.0592. The maximum atomic E-state index is 11.7. The molecule has 4 nitrogen and oxygen atoms in total. The molecule has 1 aromatic carbocycles. The molecule has 24 heavy (non-hydrogen) atoms. The van der Waals surface area contributed by atoms with Crippen LogP contribution in [0.1, 0.15) is 81.5 Å². The van der Waals surface area contributed by atoms with E-state index >= 15 is 0 Å². The van der Waals surface area contributed by atoms with E-state index in [1.165, 1.54) is 64.5 Å². The summed E-state index contributed by atoms with van der Waals surface area (Å²) in [5.41, 5.74) is 0.104. The van der Waals surface area contributed by atoms with E-state index < -0.39 is 5.97 Å². The van der Waals surface area contributed by atoms with E-state index in [1.54, 1.807) is 12.1 Å². The maximum Gasteiger partial charge on any atom is 0.345 e. The minimum atomic E-state index is -0.578. The summed E-state index contributed by atoms with van der Waals surface area (Å²) in [6, 6.07) is 4.80. The molecule has 0 unspecified atom stereocenters. The summed E-state index contributed by atoms with van der Waals surface area (Å²) in [5.74, 6) is -0.300. The van der Waals surface area contributed by atoms with Gasteiger partial charge in [0.05, 0.1) is 13.7 Å². The maximum absolute atomic E-state index is 11.7. The van der Waals surface area contributed by atoms with Gasteiger partial charge in [-0.3, -0.25) is 0 Å². The fraction of sp³-hybridized carbons (Fsp3) is 0.650. The Morgan fingerprint density at radius 2 is 1.54 bits per heavy atom. The Balaban J connectivity index is 2.16. The average Bonchev–Trinajstić information content (AvgIpc) is 2.59. The predicted molar refractivity (Wildman–Crippen MR) is 96.8 cm³/mol. The van der Waals surface area contributed by atoms with Gasteiger partial charge in [-0.2, -0.15) is 0 Å². The monoisotopic (exact) mass is 336 g/mol. The van der Waals surface area contributed by atoms with E-state index in [0.717, 1.165) is 12.8 Å². The van der Waals surface area contributed by atoms with Crippen molar-refractivity contribution in [1.29, 1.82) is 0 Å². The SMILES string of the molecule is CCCCCCCCCCCCOc1cccc(O)c1C(=O)OC. The van der Waals surface area contributed by atoms with E-state index in [4.69, 9.17) is 4.74 Å². The van der Waals surface area contributed by atoms with Crippen LogP contribution in [0.25, 0.3) is 0 Å². The minimum Gasteiger partial charge on any atom is -0.507 e. The molecule has 0 saturated heterocycles. The molecule has 0 aliphatic carbocycles. The standard InChI is InChI=1S/C20H32O4/c1-3-4-5-6-7-8-9-10-11-12-16-24-18-15-13-14-17(21)19(18)20(22)23-2/h13-15,21H,3-12,16H2,1-2H3. The van der Waals surface area contributed by atoms with Gasteiger partial charge in [0.1, 0.15) is 17.1 Å². The number of carbonyl (C=O) groups is 1. The van der Waals surface area contributed by atoms with Crippen LogP contribution in [-0.2, 0) is 4.74 Å². The second-order valence-electron chi connectivity index (χ2n) is 6.17. The summed E-state index contributed by atoms with van der Waals surface area (Å²) in [6.45, 7) is 2.79. The van der Waals surface area contributed by atoms with Gasteiger partial charge in [0, 0.05) is 0 Å². The zero-order valence-corrected chi connectivity index (χ0v) is 15.2. The topological polar surface area (TPSA) is 55.8 Å². The zero-order chi connectivity index (χ0) is 17.6. The van der Waals surface area contributed by atoms with Gasteiger partial charge in [0.2, 0.25) is 0 Å². The Morgan fingerprint density at radius 1 is 0.958 bits per heavy atom. The smallest absolute Gasteiger partial charge is 0.345 e. The lowest BCUT2D eigenvalue weighted by Crippen LogP contribution is -2.07. The van der Waals surface area contributed by atoms with Crippen molar-refractivity contribution >= 4 is 5.97 Å². The van der Waals surface area contributed by atoms with Gasteiger partial charge in [0.15, 0.2) is 0 Å². The third-order valence-corrected chi connectivity index (χ3v) is 4.15. The summed E-state index contributed by atoms with van der Waals surface area (Å²) in [4.78, 5) is 11.7. The fourth-order valence-electron chi connectivity index (χ4n) is 2.72. The molecule has 1 N–H and O–H groups in total. The Morgan fingerprint density at radius 3 is 2.12 bits per heavy atom. The highest BCUT2D eigenvalue weighted by atomic mass is 16.5. The lowest BCUT2D eigenvalue weighted by atomic mass is 10.1. The number of ether oxygens (including phenoxy) is 2.